The van der Waals surface area contributed by atoms with Gasteiger partial charge in [0, 0.05) is 44.5 Å². The second-order valence-electron chi connectivity index (χ2n) is 8.65. The van der Waals surface area contributed by atoms with Crippen LogP contribution < -0.4 is 14.6 Å². The zero-order chi connectivity index (χ0) is 25.0. The van der Waals surface area contributed by atoms with Crippen LogP contribution in [0.15, 0.2) is 61.1 Å². The Kier molecular flexibility index (Phi) is 8.96. The molecule has 0 saturated carbocycles. The predicted octanol–water partition coefficient (Wildman–Crippen LogP) is 3.16. The molecule has 0 aliphatic carbocycles. The predicted molar refractivity (Wildman–Crippen MR) is 141 cm³/mol. The molecule has 0 atom stereocenters. The van der Waals surface area contributed by atoms with Gasteiger partial charge in [0.25, 0.3) is 10.2 Å². The summed E-state index contributed by atoms with van der Waals surface area (Å²) < 4.78 is 31.6. The molecule has 1 saturated heterocycles. The number of rotatable bonds is 7. The first-order valence-corrected chi connectivity index (χ1v) is 12.8. The second-order valence-corrected chi connectivity index (χ2v) is 9.94. The van der Waals surface area contributed by atoms with E-state index in [1.807, 2.05) is 19.2 Å². The lowest BCUT2D eigenvalue weighted by molar-refractivity contribution is 0.132. The number of imidazole rings is 1. The molecule has 0 spiro atoms. The number of hydrogen-bond acceptors (Lipinski definition) is 6. The molecule has 3 aromatic rings. The van der Waals surface area contributed by atoms with Crippen molar-refractivity contribution in [2.45, 2.75) is 25.4 Å². The Balaban J connectivity index is 0.00000361. The maximum Gasteiger partial charge on any atom is 0.329 e. The van der Waals surface area contributed by atoms with Crippen LogP contribution >= 0.6 is 12.4 Å². The van der Waals surface area contributed by atoms with Crippen LogP contribution in [0.4, 0.5) is 10.5 Å². The van der Waals surface area contributed by atoms with Gasteiger partial charge in [0.05, 0.1) is 18.5 Å². The molecule has 1 fully saturated rings. The smallest absolute Gasteiger partial charge is 0.329 e. The summed E-state index contributed by atoms with van der Waals surface area (Å²) in [6.45, 7) is 2.66. The number of aromatic nitrogens is 2. The van der Waals surface area contributed by atoms with Crippen LogP contribution in [-0.4, -0.2) is 67.1 Å². The van der Waals surface area contributed by atoms with Crippen LogP contribution in [0.25, 0.3) is 11.3 Å². The fourth-order valence-corrected chi connectivity index (χ4v) is 4.77. The van der Waals surface area contributed by atoms with E-state index in [1.54, 1.807) is 42.5 Å². The zero-order valence-corrected chi connectivity index (χ0v) is 21.8. The molecule has 0 unspecified atom stereocenters. The maximum absolute atomic E-state index is 13.1. The number of nitrogens with one attached hydrogen (secondary N) is 1. The van der Waals surface area contributed by atoms with E-state index in [1.165, 1.54) is 16.5 Å². The molecule has 2 heterocycles. The number of methoxy groups -OCH3 is 1. The summed E-state index contributed by atoms with van der Waals surface area (Å²) in [6, 6.07) is 14.7. The quantitative estimate of drug-likeness (QED) is 0.480. The Morgan fingerprint density at radius 2 is 1.92 bits per heavy atom. The molecule has 10 nitrogen and oxygen atoms in total. The number of anilines is 1. The molecule has 1 aliphatic heterocycles. The van der Waals surface area contributed by atoms with E-state index < -0.39 is 10.2 Å². The standard InChI is InChI=1S/C24H30N6O4S.ClH/c1-28(21-9-11-29(12-10-21)15-18-5-3-8-22(13-18)34-2)24(31)30-16-23(26-17-30)19-6-4-7-20(14-19)27-35(25,32)33;/h3-8,13-14,16-17,21,27H,9-12,15H2,1-2H3,(H2,25,32,33);1H. The number of hydrogen-bond donors (Lipinski definition) is 2. The number of carbonyl (C=O) groups is 1. The van der Waals surface area contributed by atoms with E-state index in [2.05, 4.69) is 26.7 Å². The summed E-state index contributed by atoms with van der Waals surface area (Å²) in [7, 11) is -0.388. The molecule has 2 aromatic carbocycles. The lowest BCUT2D eigenvalue weighted by Crippen LogP contribution is -2.46. The van der Waals surface area contributed by atoms with E-state index in [-0.39, 0.29) is 24.5 Å². The molecule has 1 aromatic heterocycles. The van der Waals surface area contributed by atoms with Gasteiger partial charge in [-0.1, -0.05) is 24.3 Å². The molecular formula is C24H31ClN6O4S. The minimum absolute atomic E-state index is 0. The highest BCUT2D eigenvalue weighted by atomic mass is 35.5. The Morgan fingerprint density at radius 3 is 2.61 bits per heavy atom. The number of amides is 1. The highest BCUT2D eigenvalue weighted by Gasteiger charge is 2.26. The molecule has 36 heavy (non-hydrogen) atoms. The summed E-state index contributed by atoms with van der Waals surface area (Å²) in [5.74, 6) is 0.856. The van der Waals surface area contributed by atoms with Crippen LogP contribution in [-0.2, 0) is 16.8 Å². The van der Waals surface area contributed by atoms with Gasteiger partial charge in [0.15, 0.2) is 0 Å². The number of benzene rings is 2. The van der Waals surface area contributed by atoms with Crippen LogP contribution in [0.1, 0.15) is 18.4 Å². The van der Waals surface area contributed by atoms with Gasteiger partial charge in [-0.2, -0.15) is 8.42 Å². The first-order valence-electron chi connectivity index (χ1n) is 11.3. The number of likely N-dealkylation sites (tertiary alicyclic amines) is 1. The minimum Gasteiger partial charge on any atom is -0.497 e. The number of carbonyl (C=O) groups excluding carboxylic acids is 1. The van der Waals surface area contributed by atoms with Crippen molar-refractivity contribution in [2.75, 3.05) is 32.0 Å². The zero-order valence-electron chi connectivity index (χ0n) is 20.2. The summed E-state index contributed by atoms with van der Waals surface area (Å²) in [4.78, 5) is 21.6. The highest BCUT2D eigenvalue weighted by Crippen LogP contribution is 2.23. The number of halogens is 1. The maximum atomic E-state index is 13.1. The van der Waals surface area contributed by atoms with Gasteiger partial charge in [-0.3, -0.25) is 14.2 Å². The summed E-state index contributed by atoms with van der Waals surface area (Å²) in [5, 5.41) is 5.05. The van der Waals surface area contributed by atoms with Crippen molar-refractivity contribution in [3.05, 3.63) is 66.6 Å². The fraction of sp³-hybridized carbons (Fsp3) is 0.333. The number of nitrogens with two attached hydrogens (primary N) is 1. The van der Waals surface area contributed by atoms with Crippen LogP contribution in [0.3, 0.4) is 0 Å². The van der Waals surface area contributed by atoms with Crippen molar-refractivity contribution in [1.29, 1.82) is 0 Å². The highest BCUT2D eigenvalue weighted by molar-refractivity contribution is 7.90. The average Bonchev–Trinajstić information content (AvgIpc) is 3.33. The van der Waals surface area contributed by atoms with Crippen LogP contribution in [0.5, 0.6) is 5.75 Å². The van der Waals surface area contributed by atoms with E-state index in [0.717, 1.165) is 38.2 Å². The third-order valence-electron chi connectivity index (χ3n) is 6.17. The molecular weight excluding hydrogens is 504 g/mol. The summed E-state index contributed by atoms with van der Waals surface area (Å²) >= 11 is 0. The Bertz CT molecular complexity index is 1290. The van der Waals surface area contributed by atoms with Crippen LogP contribution in [0, 0.1) is 0 Å². The van der Waals surface area contributed by atoms with E-state index >= 15 is 0 Å². The molecule has 0 radical (unpaired) electrons. The molecule has 1 amide bonds. The first-order chi connectivity index (χ1) is 16.7. The van der Waals surface area contributed by atoms with E-state index in [9.17, 15) is 13.2 Å². The second kappa shape index (κ2) is 11.7. The Hall–Kier alpha value is -3.12. The van der Waals surface area contributed by atoms with Crippen molar-refractivity contribution in [3.63, 3.8) is 0 Å². The van der Waals surface area contributed by atoms with Gasteiger partial charge in [-0.05, 0) is 42.7 Å². The van der Waals surface area contributed by atoms with Gasteiger partial charge in [-0.15, -0.1) is 12.4 Å². The average molecular weight is 535 g/mol. The molecule has 12 heteroatoms. The molecule has 0 bridgehead atoms. The van der Waals surface area contributed by atoms with Gasteiger partial charge >= 0.3 is 6.03 Å². The largest absolute Gasteiger partial charge is 0.497 e. The SMILES string of the molecule is COc1cccc(CN2CCC(N(C)C(=O)n3cnc(-c4cccc(NS(N)(=O)=O)c4)c3)CC2)c1.Cl. The minimum atomic E-state index is -3.88. The lowest BCUT2D eigenvalue weighted by Gasteiger charge is -2.36. The molecule has 4 rings (SSSR count). The topological polar surface area (TPSA) is 123 Å². The van der Waals surface area contributed by atoms with E-state index in [0.29, 0.717) is 16.9 Å². The third-order valence-corrected chi connectivity index (χ3v) is 6.69. The van der Waals surface area contributed by atoms with Crippen molar-refractivity contribution in [1.82, 2.24) is 19.4 Å². The van der Waals surface area contributed by atoms with Crippen molar-refractivity contribution in [3.8, 4) is 17.0 Å². The Morgan fingerprint density at radius 1 is 1.19 bits per heavy atom. The number of ether oxygens (including phenoxy) is 1. The lowest BCUT2D eigenvalue weighted by atomic mass is 10.0. The van der Waals surface area contributed by atoms with Crippen molar-refractivity contribution < 1.29 is 17.9 Å². The van der Waals surface area contributed by atoms with E-state index in [4.69, 9.17) is 9.88 Å². The third kappa shape index (κ3) is 6.97. The molecule has 1 aliphatic rings. The van der Waals surface area contributed by atoms with Gasteiger partial charge < -0.3 is 9.64 Å². The van der Waals surface area contributed by atoms with Crippen molar-refractivity contribution >= 4 is 34.3 Å². The molecule has 3 N–H and O–H groups in total. The summed E-state index contributed by atoms with van der Waals surface area (Å²) in [5.41, 5.74) is 2.75. The van der Waals surface area contributed by atoms with Crippen LogP contribution in [0.2, 0.25) is 0 Å². The number of piperidine rings is 1. The Labute approximate surface area is 217 Å². The molecule has 194 valence electrons. The summed E-state index contributed by atoms with van der Waals surface area (Å²) in [6.07, 6.45) is 4.89. The first kappa shape index (κ1) is 27.5. The van der Waals surface area contributed by atoms with Gasteiger partial charge in [0.1, 0.15) is 12.1 Å². The fourth-order valence-electron chi connectivity index (χ4n) is 4.31. The monoisotopic (exact) mass is 534 g/mol. The normalized spacial score (nSPS) is 14.6. The van der Waals surface area contributed by atoms with Crippen molar-refractivity contribution in [2.24, 2.45) is 5.14 Å². The number of nitrogens with zero attached hydrogens (tertiary/aromatic N) is 4. The van der Waals surface area contributed by atoms with Gasteiger partial charge in [0.2, 0.25) is 0 Å². The van der Waals surface area contributed by atoms with Gasteiger partial charge in [-0.25, -0.2) is 14.9 Å².